The molecule has 2 aliphatic rings. The van der Waals surface area contributed by atoms with Gasteiger partial charge in [-0.25, -0.2) is 0 Å². The fourth-order valence-corrected chi connectivity index (χ4v) is 4.12. The van der Waals surface area contributed by atoms with Crippen LogP contribution in [-0.4, -0.2) is 35.8 Å². The van der Waals surface area contributed by atoms with Crippen molar-refractivity contribution in [1.82, 2.24) is 15.5 Å². The molecule has 1 fully saturated rings. The van der Waals surface area contributed by atoms with E-state index in [2.05, 4.69) is 10.6 Å². The SMILES string of the molecule is CC(=O)N1C=Cc2ccccc2C1CC(=O)NCCNC1CCCCCC1. The van der Waals surface area contributed by atoms with Crippen LogP contribution in [-0.2, 0) is 9.59 Å². The largest absolute Gasteiger partial charge is 0.355 e. The van der Waals surface area contributed by atoms with Crippen LogP contribution in [0.5, 0.6) is 0 Å². The van der Waals surface area contributed by atoms with Crippen molar-refractivity contribution in [3.63, 3.8) is 0 Å². The molecule has 1 heterocycles. The van der Waals surface area contributed by atoms with Gasteiger partial charge in [0.2, 0.25) is 11.8 Å². The lowest BCUT2D eigenvalue weighted by molar-refractivity contribution is -0.129. The normalized spacial score (nSPS) is 20.0. The molecule has 5 heteroatoms. The second-order valence-electron chi connectivity index (χ2n) is 7.58. The zero-order valence-corrected chi connectivity index (χ0v) is 16.2. The van der Waals surface area contributed by atoms with Gasteiger partial charge in [0.1, 0.15) is 0 Å². The minimum Gasteiger partial charge on any atom is -0.355 e. The fourth-order valence-electron chi connectivity index (χ4n) is 4.12. The van der Waals surface area contributed by atoms with Crippen molar-refractivity contribution >= 4 is 17.9 Å². The van der Waals surface area contributed by atoms with E-state index in [1.165, 1.54) is 38.5 Å². The van der Waals surface area contributed by atoms with E-state index in [9.17, 15) is 9.59 Å². The van der Waals surface area contributed by atoms with E-state index in [1.807, 2.05) is 30.3 Å². The number of carbonyl (C=O) groups excluding carboxylic acids is 2. The van der Waals surface area contributed by atoms with Crippen LogP contribution in [0, 0.1) is 0 Å². The number of nitrogens with zero attached hydrogens (tertiary/aromatic N) is 1. The lowest BCUT2D eigenvalue weighted by atomic mass is 9.93. The first-order chi connectivity index (χ1) is 13.1. The van der Waals surface area contributed by atoms with Gasteiger partial charge in [-0.05, 0) is 30.0 Å². The molecule has 1 atom stereocenters. The van der Waals surface area contributed by atoms with Crippen LogP contribution >= 0.6 is 0 Å². The Balaban J connectivity index is 1.50. The van der Waals surface area contributed by atoms with Gasteiger partial charge in [-0.2, -0.15) is 0 Å². The van der Waals surface area contributed by atoms with Crippen LogP contribution in [0.15, 0.2) is 30.5 Å². The third-order valence-electron chi connectivity index (χ3n) is 5.58. The molecule has 1 saturated carbocycles. The van der Waals surface area contributed by atoms with Crippen LogP contribution in [0.4, 0.5) is 0 Å². The molecule has 27 heavy (non-hydrogen) atoms. The number of carbonyl (C=O) groups is 2. The Hall–Kier alpha value is -2.14. The number of nitrogens with one attached hydrogen (secondary N) is 2. The van der Waals surface area contributed by atoms with Crippen molar-refractivity contribution in [3.05, 3.63) is 41.6 Å². The molecule has 0 aromatic heterocycles. The number of benzene rings is 1. The highest BCUT2D eigenvalue weighted by molar-refractivity contribution is 5.81. The van der Waals surface area contributed by atoms with Crippen molar-refractivity contribution < 1.29 is 9.59 Å². The Morgan fingerprint density at radius 1 is 1.07 bits per heavy atom. The van der Waals surface area contributed by atoms with E-state index in [1.54, 1.807) is 18.0 Å². The van der Waals surface area contributed by atoms with Crippen LogP contribution in [0.1, 0.15) is 69.0 Å². The Morgan fingerprint density at radius 2 is 1.81 bits per heavy atom. The topological polar surface area (TPSA) is 61.4 Å². The maximum Gasteiger partial charge on any atom is 0.223 e. The fraction of sp³-hybridized carbons (Fsp3) is 0.545. The van der Waals surface area contributed by atoms with Gasteiger partial charge in [-0.3, -0.25) is 9.59 Å². The summed E-state index contributed by atoms with van der Waals surface area (Å²) in [6.45, 7) is 2.97. The zero-order chi connectivity index (χ0) is 19.1. The standard InChI is InChI=1S/C22H31N3O2/c1-17(26)25-15-12-18-8-6-7-11-20(18)21(25)16-22(27)24-14-13-23-19-9-4-2-3-5-10-19/h6-8,11-12,15,19,21,23H,2-5,9-10,13-14,16H2,1H3,(H,24,27). The van der Waals surface area contributed by atoms with Gasteiger partial charge in [-0.15, -0.1) is 0 Å². The third-order valence-corrected chi connectivity index (χ3v) is 5.58. The van der Waals surface area contributed by atoms with Gasteiger partial charge >= 0.3 is 0 Å². The second-order valence-corrected chi connectivity index (χ2v) is 7.58. The van der Waals surface area contributed by atoms with Crippen molar-refractivity contribution in [2.75, 3.05) is 13.1 Å². The quantitative estimate of drug-likeness (QED) is 0.597. The van der Waals surface area contributed by atoms with E-state index < -0.39 is 0 Å². The molecule has 1 aliphatic heterocycles. The average molecular weight is 370 g/mol. The van der Waals surface area contributed by atoms with Crippen LogP contribution < -0.4 is 10.6 Å². The van der Waals surface area contributed by atoms with Gasteiger partial charge in [0.05, 0.1) is 12.5 Å². The third kappa shape index (κ3) is 5.42. The summed E-state index contributed by atoms with van der Waals surface area (Å²) in [5.74, 6) is -0.0624. The van der Waals surface area contributed by atoms with E-state index >= 15 is 0 Å². The lowest BCUT2D eigenvalue weighted by Crippen LogP contribution is -2.39. The molecule has 2 amide bonds. The lowest BCUT2D eigenvalue weighted by Gasteiger charge is -2.32. The smallest absolute Gasteiger partial charge is 0.223 e. The molecule has 1 aromatic carbocycles. The predicted molar refractivity (Wildman–Crippen MR) is 108 cm³/mol. The predicted octanol–water partition coefficient (Wildman–Crippen LogP) is 3.38. The number of hydrogen-bond donors (Lipinski definition) is 2. The van der Waals surface area contributed by atoms with Crippen LogP contribution in [0.3, 0.4) is 0 Å². The molecule has 0 radical (unpaired) electrons. The Morgan fingerprint density at radius 3 is 2.56 bits per heavy atom. The van der Waals surface area contributed by atoms with Gasteiger partial charge in [0.25, 0.3) is 0 Å². The first kappa shape index (κ1) is 19.6. The molecule has 3 rings (SSSR count). The summed E-state index contributed by atoms with van der Waals surface area (Å²) < 4.78 is 0. The summed E-state index contributed by atoms with van der Waals surface area (Å²) >= 11 is 0. The monoisotopic (exact) mass is 369 g/mol. The van der Waals surface area contributed by atoms with Gasteiger partial charge in [0, 0.05) is 32.3 Å². The summed E-state index contributed by atoms with van der Waals surface area (Å²) in [5.41, 5.74) is 2.10. The van der Waals surface area contributed by atoms with Crippen LogP contribution in [0.25, 0.3) is 6.08 Å². The van der Waals surface area contributed by atoms with E-state index in [0.29, 0.717) is 12.6 Å². The highest BCUT2D eigenvalue weighted by atomic mass is 16.2. The molecular formula is C22H31N3O2. The van der Waals surface area contributed by atoms with Gasteiger partial charge < -0.3 is 15.5 Å². The number of amides is 2. The van der Waals surface area contributed by atoms with Crippen molar-refractivity contribution in [3.8, 4) is 0 Å². The van der Waals surface area contributed by atoms with E-state index in [-0.39, 0.29) is 24.3 Å². The Kier molecular flexibility index (Phi) is 7.04. The molecule has 146 valence electrons. The Bertz CT molecular complexity index is 678. The highest BCUT2D eigenvalue weighted by Crippen LogP contribution is 2.32. The molecule has 0 spiro atoms. The minimum atomic E-state index is -0.237. The molecule has 5 nitrogen and oxygen atoms in total. The summed E-state index contributed by atoms with van der Waals surface area (Å²) in [5, 5.41) is 6.58. The number of rotatable bonds is 6. The van der Waals surface area contributed by atoms with E-state index in [4.69, 9.17) is 0 Å². The van der Waals surface area contributed by atoms with Gasteiger partial charge in [-0.1, -0.05) is 49.9 Å². The summed E-state index contributed by atoms with van der Waals surface area (Å²) in [6, 6.07) is 8.30. The maximum atomic E-state index is 12.5. The first-order valence-corrected chi connectivity index (χ1v) is 10.2. The average Bonchev–Trinajstić information content (AvgIpc) is 2.94. The zero-order valence-electron chi connectivity index (χ0n) is 16.2. The summed E-state index contributed by atoms with van der Waals surface area (Å²) in [7, 11) is 0. The molecule has 2 N–H and O–H groups in total. The minimum absolute atomic E-state index is 0.0148. The molecule has 0 saturated heterocycles. The molecule has 1 aliphatic carbocycles. The number of fused-ring (bicyclic) bond motifs is 1. The molecule has 1 unspecified atom stereocenters. The number of hydrogen-bond acceptors (Lipinski definition) is 3. The molecule has 1 aromatic rings. The summed E-state index contributed by atoms with van der Waals surface area (Å²) in [6.07, 6.45) is 11.8. The Labute approximate surface area is 162 Å². The van der Waals surface area contributed by atoms with Crippen molar-refractivity contribution in [2.24, 2.45) is 0 Å². The second kappa shape index (κ2) is 9.70. The van der Waals surface area contributed by atoms with Crippen molar-refractivity contribution in [1.29, 1.82) is 0 Å². The van der Waals surface area contributed by atoms with E-state index in [0.717, 1.165) is 17.7 Å². The highest BCUT2D eigenvalue weighted by Gasteiger charge is 2.28. The van der Waals surface area contributed by atoms with Crippen molar-refractivity contribution in [2.45, 2.75) is 64.0 Å². The first-order valence-electron chi connectivity index (χ1n) is 10.2. The molecule has 0 bridgehead atoms. The van der Waals surface area contributed by atoms with Gasteiger partial charge in [0.15, 0.2) is 0 Å². The summed E-state index contributed by atoms with van der Waals surface area (Å²) in [4.78, 5) is 26.1. The molecular weight excluding hydrogens is 338 g/mol. The maximum absolute atomic E-state index is 12.5. The van der Waals surface area contributed by atoms with Crippen LogP contribution in [0.2, 0.25) is 0 Å².